The molecule has 5 nitrogen and oxygen atoms in total. The summed E-state index contributed by atoms with van der Waals surface area (Å²) in [6.07, 6.45) is 3.63. The van der Waals surface area contributed by atoms with E-state index in [1.165, 1.54) is 5.56 Å². The van der Waals surface area contributed by atoms with Crippen LogP contribution in [-0.2, 0) is 6.54 Å². The number of aromatic nitrogens is 1. The first-order valence-corrected chi connectivity index (χ1v) is 8.23. The number of piperidine rings is 1. The first-order chi connectivity index (χ1) is 11.0. The van der Waals surface area contributed by atoms with E-state index in [1.54, 1.807) is 12.1 Å². The van der Waals surface area contributed by atoms with Crippen LogP contribution >= 0.6 is 0 Å². The van der Waals surface area contributed by atoms with Crippen LogP contribution in [0.3, 0.4) is 0 Å². The molecule has 1 aliphatic heterocycles. The third-order valence-electron chi connectivity index (χ3n) is 4.67. The van der Waals surface area contributed by atoms with E-state index in [1.807, 2.05) is 6.07 Å². The number of hydrogen-bond donors (Lipinski definition) is 2. The Morgan fingerprint density at radius 3 is 2.61 bits per heavy atom. The summed E-state index contributed by atoms with van der Waals surface area (Å²) in [7, 11) is 0. The predicted molar refractivity (Wildman–Crippen MR) is 89.8 cm³/mol. The van der Waals surface area contributed by atoms with Crippen molar-refractivity contribution in [3.8, 4) is 0 Å². The highest BCUT2D eigenvalue weighted by molar-refractivity contribution is 5.94. The summed E-state index contributed by atoms with van der Waals surface area (Å²) in [5.74, 6) is -0.894. The first kappa shape index (κ1) is 16.0. The number of carboxylic acid groups (broad SMARTS) is 1. The molecule has 0 saturated carbocycles. The number of hydrogen-bond acceptors (Lipinski definition) is 3. The first-order valence-electron chi connectivity index (χ1n) is 8.23. The summed E-state index contributed by atoms with van der Waals surface area (Å²) < 4.78 is 2.15. The maximum atomic E-state index is 11.2. The number of rotatable bonds is 4. The van der Waals surface area contributed by atoms with Gasteiger partial charge < -0.3 is 14.8 Å². The number of nitrogens with zero attached hydrogens (tertiary/aromatic N) is 2. The molecule has 0 amide bonds. The van der Waals surface area contributed by atoms with Gasteiger partial charge in [-0.1, -0.05) is 6.07 Å². The molecule has 1 aromatic heterocycles. The lowest BCUT2D eigenvalue weighted by Gasteiger charge is -2.29. The second kappa shape index (κ2) is 6.34. The second-order valence-corrected chi connectivity index (χ2v) is 6.70. The summed E-state index contributed by atoms with van der Waals surface area (Å²) in [4.78, 5) is 13.6. The summed E-state index contributed by atoms with van der Waals surface area (Å²) in [6, 6.07) is 5.64. The Balaban J connectivity index is 1.95. The van der Waals surface area contributed by atoms with Crippen LogP contribution < -0.4 is 0 Å². The largest absolute Gasteiger partial charge is 0.478 e. The third kappa shape index (κ3) is 3.26. The lowest BCUT2D eigenvalue weighted by Crippen LogP contribution is -2.35. The molecule has 0 unspecified atom stereocenters. The second-order valence-electron chi connectivity index (χ2n) is 6.70. The molecule has 5 heteroatoms. The van der Waals surface area contributed by atoms with Gasteiger partial charge in [-0.3, -0.25) is 4.90 Å². The quantitative estimate of drug-likeness (QED) is 0.910. The Hall–Kier alpha value is -1.85. The standard InChI is InChI=1S/C18H24N2O3/c1-12(2)20-11-14(10-19-7-5-15(21)6-8-19)16-4-3-13(18(22)23)9-17(16)20/h3-4,9,11-12,15,21H,5-8,10H2,1-2H3,(H,22,23). The van der Waals surface area contributed by atoms with Crippen LogP contribution in [0.4, 0.5) is 0 Å². The maximum absolute atomic E-state index is 11.2. The maximum Gasteiger partial charge on any atom is 0.335 e. The molecular formula is C18H24N2O3. The molecular weight excluding hydrogens is 292 g/mol. The number of fused-ring (bicyclic) bond motifs is 1. The van der Waals surface area contributed by atoms with E-state index < -0.39 is 5.97 Å². The average molecular weight is 316 g/mol. The molecule has 2 heterocycles. The van der Waals surface area contributed by atoms with Gasteiger partial charge in [0.25, 0.3) is 0 Å². The molecule has 1 saturated heterocycles. The van der Waals surface area contributed by atoms with E-state index in [4.69, 9.17) is 0 Å². The molecule has 1 fully saturated rings. The molecule has 2 aromatic rings. The van der Waals surface area contributed by atoms with E-state index in [-0.39, 0.29) is 12.1 Å². The molecule has 0 bridgehead atoms. The van der Waals surface area contributed by atoms with Gasteiger partial charge in [0, 0.05) is 42.8 Å². The van der Waals surface area contributed by atoms with Gasteiger partial charge in [0.2, 0.25) is 0 Å². The van der Waals surface area contributed by atoms with Crippen molar-refractivity contribution < 1.29 is 15.0 Å². The van der Waals surface area contributed by atoms with E-state index in [0.29, 0.717) is 5.56 Å². The van der Waals surface area contributed by atoms with Crippen molar-refractivity contribution in [3.63, 3.8) is 0 Å². The van der Waals surface area contributed by atoms with E-state index >= 15 is 0 Å². The fourth-order valence-electron chi connectivity index (χ4n) is 3.33. The van der Waals surface area contributed by atoms with Gasteiger partial charge in [-0.2, -0.15) is 0 Å². The average Bonchev–Trinajstić information content (AvgIpc) is 2.88. The topological polar surface area (TPSA) is 65.7 Å². The number of benzene rings is 1. The monoisotopic (exact) mass is 316 g/mol. The van der Waals surface area contributed by atoms with Gasteiger partial charge in [-0.25, -0.2) is 4.79 Å². The highest BCUT2D eigenvalue weighted by Gasteiger charge is 2.20. The fraction of sp³-hybridized carbons (Fsp3) is 0.500. The SMILES string of the molecule is CC(C)n1cc(CN2CCC(O)CC2)c2ccc(C(=O)O)cc21. The fourth-order valence-corrected chi connectivity index (χ4v) is 3.33. The van der Waals surface area contributed by atoms with Gasteiger partial charge in [-0.05, 0) is 44.4 Å². The van der Waals surface area contributed by atoms with Crippen LogP contribution in [0.5, 0.6) is 0 Å². The summed E-state index contributed by atoms with van der Waals surface area (Å²) in [5, 5.41) is 20.0. The molecule has 3 rings (SSSR count). The minimum Gasteiger partial charge on any atom is -0.478 e. The van der Waals surface area contributed by atoms with Gasteiger partial charge in [0.05, 0.1) is 11.7 Å². The normalized spacial score (nSPS) is 17.2. The number of aromatic carboxylic acids is 1. The Morgan fingerprint density at radius 1 is 1.30 bits per heavy atom. The number of carbonyl (C=O) groups is 1. The zero-order valence-corrected chi connectivity index (χ0v) is 13.7. The van der Waals surface area contributed by atoms with Crippen molar-refractivity contribution in [2.24, 2.45) is 0 Å². The van der Waals surface area contributed by atoms with Crippen molar-refractivity contribution in [3.05, 3.63) is 35.5 Å². The number of aliphatic hydroxyl groups is 1. The van der Waals surface area contributed by atoms with Crippen molar-refractivity contribution in [1.29, 1.82) is 0 Å². The van der Waals surface area contributed by atoms with Crippen molar-refractivity contribution in [2.45, 2.75) is 45.4 Å². The number of aliphatic hydroxyl groups excluding tert-OH is 1. The van der Waals surface area contributed by atoms with Gasteiger partial charge in [-0.15, -0.1) is 0 Å². The molecule has 23 heavy (non-hydrogen) atoms. The minimum absolute atomic E-state index is 0.165. The van der Waals surface area contributed by atoms with Crippen molar-refractivity contribution >= 4 is 16.9 Å². The molecule has 2 N–H and O–H groups in total. The van der Waals surface area contributed by atoms with Crippen molar-refractivity contribution in [2.75, 3.05) is 13.1 Å². The summed E-state index contributed by atoms with van der Waals surface area (Å²) >= 11 is 0. The minimum atomic E-state index is -0.894. The van der Waals surface area contributed by atoms with E-state index in [0.717, 1.165) is 43.4 Å². The van der Waals surface area contributed by atoms with E-state index in [2.05, 4.69) is 29.5 Å². The van der Waals surface area contributed by atoms with E-state index in [9.17, 15) is 15.0 Å². The Morgan fingerprint density at radius 2 is 2.00 bits per heavy atom. The lowest BCUT2D eigenvalue weighted by molar-refractivity contribution is 0.0697. The molecule has 0 radical (unpaired) electrons. The summed E-state index contributed by atoms with van der Waals surface area (Å²) in [6.45, 7) is 6.86. The third-order valence-corrected chi connectivity index (χ3v) is 4.67. The zero-order chi connectivity index (χ0) is 16.6. The van der Waals surface area contributed by atoms with Gasteiger partial charge >= 0.3 is 5.97 Å². The molecule has 0 spiro atoms. The molecule has 0 atom stereocenters. The molecule has 124 valence electrons. The van der Waals surface area contributed by atoms with Crippen LogP contribution in [0, 0.1) is 0 Å². The van der Waals surface area contributed by atoms with Crippen LogP contribution in [0.25, 0.3) is 10.9 Å². The van der Waals surface area contributed by atoms with Gasteiger partial charge in [0.15, 0.2) is 0 Å². The predicted octanol–water partition coefficient (Wildman–Crippen LogP) is 2.88. The zero-order valence-electron chi connectivity index (χ0n) is 13.7. The molecule has 1 aliphatic rings. The Labute approximate surface area is 136 Å². The highest BCUT2D eigenvalue weighted by Crippen LogP contribution is 2.27. The Bertz CT molecular complexity index is 712. The van der Waals surface area contributed by atoms with Crippen LogP contribution in [-0.4, -0.2) is 44.8 Å². The molecule has 0 aliphatic carbocycles. The number of likely N-dealkylation sites (tertiary alicyclic amines) is 1. The Kier molecular flexibility index (Phi) is 4.41. The smallest absolute Gasteiger partial charge is 0.335 e. The van der Waals surface area contributed by atoms with Crippen LogP contribution in [0.2, 0.25) is 0 Å². The molecule has 1 aromatic carbocycles. The summed E-state index contributed by atoms with van der Waals surface area (Å²) in [5.41, 5.74) is 2.53. The van der Waals surface area contributed by atoms with Crippen molar-refractivity contribution in [1.82, 2.24) is 9.47 Å². The van der Waals surface area contributed by atoms with Crippen LogP contribution in [0.1, 0.15) is 48.7 Å². The lowest BCUT2D eigenvalue weighted by atomic mass is 10.1. The van der Waals surface area contributed by atoms with Crippen LogP contribution in [0.15, 0.2) is 24.4 Å². The number of carboxylic acids is 1. The van der Waals surface area contributed by atoms with Gasteiger partial charge in [0.1, 0.15) is 0 Å². The highest BCUT2D eigenvalue weighted by atomic mass is 16.4.